The third-order valence-corrected chi connectivity index (χ3v) is 8.04. The second kappa shape index (κ2) is 6.88. The highest BCUT2D eigenvalue weighted by atomic mass is 35.5. The SMILES string of the molecule is CN1CCC(c2c[nH]c3ccc(NS(=O)(=O)c4ccc(Cl)s4)cc23)CC1. The molecule has 1 aliphatic rings. The zero-order valence-electron chi connectivity index (χ0n) is 14.3. The van der Waals surface area contributed by atoms with E-state index in [-0.39, 0.29) is 4.21 Å². The van der Waals surface area contributed by atoms with Crippen LogP contribution in [0.2, 0.25) is 4.34 Å². The van der Waals surface area contributed by atoms with Crippen LogP contribution in [0.4, 0.5) is 5.69 Å². The van der Waals surface area contributed by atoms with Gasteiger partial charge in [-0.05, 0) is 74.8 Å². The van der Waals surface area contributed by atoms with Crippen LogP contribution in [0.3, 0.4) is 0 Å². The topological polar surface area (TPSA) is 65.2 Å². The number of hydrogen-bond acceptors (Lipinski definition) is 4. The number of sulfonamides is 1. The van der Waals surface area contributed by atoms with Gasteiger partial charge in [0.05, 0.1) is 4.34 Å². The fourth-order valence-electron chi connectivity index (χ4n) is 3.51. The molecule has 138 valence electrons. The molecule has 5 nitrogen and oxygen atoms in total. The third-order valence-electron chi connectivity index (χ3n) is 4.94. The van der Waals surface area contributed by atoms with Gasteiger partial charge in [0.15, 0.2) is 0 Å². The Balaban J connectivity index is 1.64. The summed E-state index contributed by atoms with van der Waals surface area (Å²) < 4.78 is 28.4. The molecule has 0 spiro atoms. The number of fused-ring (bicyclic) bond motifs is 1. The molecule has 0 saturated carbocycles. The van der Waals surface area contributed by atoms with Gasteiger partial charge in [0.1, 0.15) is 4.21 Å². The van der Waals surface area contributed by atoms with E-state index in [2.05, 4.69) is 27.9 Å². The summed E-state index contributed by atoms with van der Waals surface area (Å²) in [6.07, 6.45) is 4.30. The van der Waals surface area contributed by atoms with Crippen molar-refractivity contribution in [1.82, 2.24) is 9.88 Å². The molecule has 0 radical (unpaired) electrons. The van der Waals surface area contributed by atoms with Crippen molar-refractivity contribution < 1.29 is 8.42 Å². The molecule has 26 heavy (non-hydrogen) atoms. The van der Waals surface area contributed by atoms with Gasteiger partial charge in [-0.2, -0.15) is 0 Å². The van der Waals surface area contributed by atoms with Gasteiger partial charge in [0, 0.05) is 22.8 Å². The zero-order valence-corrected chi connectivity index (χ0v) is 16.7. The molecule has 2 N–H and O–H groups in total. The molecule has 0 amide bonds. The normalized spacial score (nSPS) is 17.0. The number of aromatic amines is 1. The number of halogens is 1. The fraction of sp³-hybridized carbons (Fsp3) is 0.333. The Morgan fingerprint density at radius 1 is 1.23 bits per heavy atom. The highest BCUT2D eigenvalue weighted by Crippen LogP contribution is 2.34. The standard InChI is InChI=1S/C18H20ClN3O2S2/c1-22-8-6-12(7-9-22)15-11-20-16-3-2-13(10-14(15)16)21-26(23,24)18-5-4-17(19)25-18/h2-5,10-12,20-21H,6-9H2,1H3. The lowest BCUT2D eigenvalue weighted by Gasteiger charge is -2.28. The van der Waals surface area contributed by atoms with Crippen molar-refractivity contribution >= 4 is 49.6 Å². The van der Waals surface area contributed by atoms with Crippen molar-refractivity contribution in [2.45, 2.75) is 23.0 Å². The number of piperidine rings is 1. The maximum Gasteiger partial charge on any atom is 0.271 e. The summed E-state index contributed by atoms with van der Waals surface area (Å²) in [6.45, 7) is 2.17. The number of aromatic nitrogens is 1. The monoisotopic (exact) mass is 409 g/mol. The van der Waals surface area contributed by atoms with Crippen LogP contribution < -0.4 is 4.72 Å². The van der Waals surface area contributed by atoms with E-state index < -0.39 is 10.0 Å². The first-order valence-electron chi connectivity index (χ1n) is 8.50. The number of thiophene rings is 1. The van der Waals surface area contributed by atoms with Crippen LogP contribution >= 0.6 is 22.9 Å². The third kappa shape index (κ3) is 3.49. The number of rotatable bonds is 4. The molecular weight excluding hydrogens is 390 g/mol. The minimum atomic E-state index is -3.62. The summed E-state index contributed by atoms with van der Waals surface area (Å²) >= 11 is 6.92. The predicted molar refractivity (Wildman–Crippen MR) is 108 cm³/mol. The smallest absolute Gasteiger partial charge is 0.271 e. The number of nitrogens with zero attached hydrogens (tertiary/aromatic N) is 1. The molecular formula is C18H20ClN3O2S2. The molecule has 1 saturated heterocycles. The van der Waals surface area contributed by atoms with Crippen molar-refractivity contribution in [2.24, 2.45) is 0 Å². The van der Waals surface area contributed by atoms with Gasteiger partial charge in [-0.15, -0.1) is 11.3 Å². The number of H-pyrrole nitrogens is 1. The van der Waals surface area contributed by atoms with Crippen molar-refractivity contribution in [1.29, 1.82) is 0 Å². The zero-order chi connectivity index (χ0) is 18.3. The van der Waals surface area contributed by atoms with Crippen LogP contribution in [0, 0.1) is 0 Å². The van der Waals surface area contributed by atoms with E-state index in [1.807, 2.05) is 12.1 Å². The van der Waals surface area contributed by atoms with Crippen molar-refractivity contribution in [3.05, 3.63) is 46.4 Å². The number of benzene rings is 1. The van der Waals surface area contributed by atoms with Gasteiger partial charge in [0.2, 0.25) is 0 Å². The van der Waals surface area contributed by atoms with Crippen LogP contribution in [-0.2, 0) is 10.0 Å². The lowest BCUT2D eigenvalue weighted by atomic mass is 9.89. The Hall–Kier alpha value is -1.54. The van der Waals surface area contributed by atoms with E-state index in [4.69, 9.17) is 11.6 Å². The summed E-state index contributed by atoms with van der Waals surface area (Å²) in [5.74, 6) is 0.503. The van der Waals surface area contributed by atoms with E-state index in [1.54, 1.807) is 12.1 Å². The maximum atomic E-state index is 12.5. The Labute approximate surface area is 162 Å². The van der Waals surface area contributed by atoms with E-state index in [1.165, 1.54) is 11.6 Å². The lowest BCUT2D eigenvalue weighted by Crippen LogP contribution is -2.29. The van der Waals surface area contributed by atoms with Gasteiger partial charge in [-0.3, -0.25) is 4.72 Å². The first-order valence-corrected chi connectivity index (χ1v) is 11.2. The first kappa shape index (κ1) is 17.9. The van der Waals surface area contributed by atoms with Crippen LogP contribution in [0.15, 0.2) is 40.7 Å². The molecule has 1 fully saturated rings. The van der Waals surface area contributed by atoms with E-state index in [9.17, 15) is 8.42 Å². The van der Waals surface area contributed by atoms with Gasteiger partial charge < -0.3 is 9.88 Å². The van der Waals surface area contributed by atoms with E-state index in [0.717, 1.165) is 48.2 Å². The Bertz CT molecular complexity index is 1030. The van der Waals surface area contributed by atoms with Crippen LogP contribution in [0.25, 0.3) is 10.9 Å². The Morgan fingerprint density at radius 3 is 2.69 bits per heavy atom. The summed E-state index contributed by atoms with van der Waals surface area (Å²) in [5, 5.41) is 1.09. The number of likely N-dealkylation sites (tertiary alicyclic amines) is 1. The number of anilines is 1. The molecule has 3 heterocycles. The van der Waals surface area contributed by atoms with Crippen molar-refractivity contribution in [2.75, 3.05) is 24.9 Å². The minimum Gasteiger partial charge on any atom is -0.361 e. The lowest BCUT2D eigenvalue weighted by molar-refractivity contribution is 0.256. The maximum absolute atomic E-state index is 12.5. The fourth-order valence-corrected chi connectivity index (χ4v) is 6.04. The highest BCUT2D eigenvalue weighted by Gasteiger charge is 2.22. The van der Waals surface area contributed by atoms with E-state index >= 15 is 0 Å². The van der Waals surface area contributed by atoms with Crippen LogP contribution in [-0.4, -0.2) is 38.4 Å². The minimum absolute atomic E-state index is 0.215. The molecule has 1 aromatic carbocycles. The average molecular weight is 410 g/mol. The molecule has 2 aromatic heterocycles. The largest absolute Gasteiger partial charge is 0.361 e. The Kier molecular flexibility index (Phi) is 4.73. The molecule has 8 heteroatoms. The summed E-state index contributed by atoms with van der Waals surface area (Å²) in [4.78, 5) is 5.66. The summed E-state index contributed by atoms with van der Waals surface area (Å²) in [7, 11) is -1.47. The quantitative estimate of drug-likeness (QED) is 0.667. The summed E-state index contributed by atoms with van der Waals surface area (Å²) in [5.41, 5.74) is 2.87. The first-order chi connectivity index (χ1) is 12.4. The van der Waals surface area contributed by atoms with Gasteiger partial charge in [0.25, 0.3) is 10.0 Å². The molecule has 3 aromatic rings. The second-order valence-electron chi connectivity index (χ2n) is 6.75. The van der Waals surface area contributed by atoms with Crippen molar-refractivity contribution in [3.63, 3.8) is 0 Å². The molecule has 0 atom stereocenters. The molecule has 4 rings (SSSR count). The molecule has 1 aliphatic heterocycles. The second-order valence-corrected chi connectivity index (χ2v) is 10.4. The number of hydrogen-bond donors (Lipinski definition) is 2. The predicted octanol–water partition coefficient (Wildman–Crippen LogP) is 4.49. The molecule has 0 unspecified atom stereocenters. The Morgan fingerprint density at radius 2 is 2.00 bits per heavy atom. The molecule has 0 aliphatic carbocycles. The summed E-state index contributed by atoms with van der Waals surface area (Å²) in [6, 6.07) is 8.74. The highest BCUT2D eigenvalue weighted by molar-refractivity contribution is 7.94. The van der Waals surface area contributed by atoms with Gasteiger partial charge in [-0.1, -0.05) is 11.6 Å². The van der Waals surface area contributed by atoms with Crippen LogP contribution in [0.5, 0.6) is 0 Å². The molecule has 0 bridgehead atoms. The van der Waals surface area contributed by atoms with Crippen LogP contribution in [0.1, 0.15) is 24.3 Å². The van der Waals surface area contributed by atoms with Gasteiger partial charge in [-0.25, -0.2) is 8.42 Å². The number of nitrogens with one attached hydrogen (secondary N) is 2. The van der Waals surface area contributed by atoms with E-state index in [0.29, 0.717) is 15.9 Å². The average Bonchev–Trinajstić information content (AvgIpc) is 3.22. The van der Waals surface area contributed by atoms with Crippen molar-refractivity contribution in [3.8, 4) is 0 Å². The van der Waals surface area contributed by atoms with Gasteiger partial charge >= 0.3 is 0 Å².